The van der Waals surface area contributed by atoms with Gasteiger partial charge in [0.2, 0.25) is 0 Å². The number of amides is 1. The van der Waals surface area contributed by atoms with Crippen molar-refractivity contribution in [3.63, 3.8) is 0 Å². The molecule has 0 heterocycles. The predicted octanol–water partition coefficient (Wildman–Crippen LogP) is 1.80. The fourth-order valence-corrected chi connectivity index (χ4v) is 1.76. The Labute approximate surface area is 111 Å². The van der Waals surface area contributed by atoms with Gasteiger partial charge in [-0.3, -0.25) is 20.8 Å². The molecule has 0 bridgehead atoms. The Morgan fingerprint density at radius 2 is 2.21 bits per heavy atom. The van der Waals surface area contributed by atoms with Gasteiger partial charge in [-0.2, -0.15) is 0 Å². The van der Waals surface area contributed by atoms with Crippen LogP contribution in [0.1, 0.15) is 37.0 Å². The number of nitro groups is 1. The van der Waals surface area contributed by atoms with Crippen LogP contribution in [0.2, 0.25) is 0 Å². The van der Waals surface area contributed by atoms with Crippen LogP contribution in [-0.2, 0) is 0 Å². The lowest BCUT2D eigenvalue weighted by atomic mass is 10.1. The van der Waals surface area contributed by atoms with Gasteiger partial charge in [-0.05, 0) is 25.5 Å². The summed E-state index contributed by atoms with van der Waals surface area (Å²) in [5, 5.41) is 13.6. The van der Waals surface area contributed by atoms with Crippen molar-refractivity contribution in [2.75, 3.05) is 5.43 Å². The van der Waals surface area contributed by atoms with E-state index in [1.54, 1.807) is 0 Å². The van der Waals surface area contributed by atoms with Crippen LogP contribution in [-0.4, -0.2) is 16.9 Å². The van der Waals surface area contributed by atoms with Crippen molar-refractivity contribution in [1.29, 1.82) is 0 Å². The van der Waals surface area contributed by atoms with Gasteiger partial charge in [-0.25, -0.2) is 0 Å². The van der Waals surface area contributed by atoms with E-state index in [-0.39, 0.29) is 28.9 Å². The first-order valence-electron chi connectivity index (χ1n) is 6.05. The van der Waals surface area contributed by atoms with E-state index in [4.69, 9.17) is 5.84 Å². The number of carbonyl (C=O) groups is 1. The summed E-state index contributed by atoms with van der Waals surface area (Å²) in [5.41, 5.74) is 2.42. The first-order chi connectivity index (χ1) is 8.99. The summed E-state index contributed by atoms with van der Waals surface area (Å²) in [6.07, 6.45) is 1.81. The second-order valence-electron chi connectivity index (χ2n) is 4.30. The van der Waals surface area contributed by atoms with E-state index in [1.807, 2.05) is 13.8 Å². The molecule has 1 unspecified atom stereocenters. The van der Waals surface area contributed by atoms with E-state index < -0.39 is 4.92 Å². The predicted molar refractivity (Wildman–Crippen MR) is 72.7 cm³/mol. The maximum absolute atomic E-state index is 11.9. The molecule has 0 saturated carbocycles. The molecule has 7 nitrogen and oxygen atoms in total. The average Bonchev–Trinajstić information content (AvgIpc) is 2.37. The summed E-state index contributed by atoms with van der Waals surface area (Å²) in [4.78, 5) is 22.2. The molecule has 1 aromatic carbocycles. The van der Waals surface area contributed by atoms with Crippen LogP contribution in [0.15, 0.2) is 18.2 Å². The van der Waals surface area contributed by atoms with Crippen LogP contribution >= 0.6 is 0 Å². The minimum Gasteiger partial charge on any atom is -0.350 e. The molecule has 0 saturated heterocycles. The summed E-state index contributed by atoms with van der Waals surface area (Å²) in [7, 11) is 0. The molecule has 0 aliphatic carbocycles. The molecule has 0 aliphatic heterocycles. The second kappa shape index (κ2) is 6.69. The standard InChI is InChI=1S/C12H18N4O3/c1-3-4-8(2)14-12(17)9-5-6-10(15-13)11(7-9)16(18)19/h5-8,15H,3-4,13H2,1-2H3,(H,14,17). The topological polar surface area (TPSA) is 110 Å². The molecular weight excluding hydrogens is 248 g/mol. The lowest BCUT2D eigenvalue weighted by Crippen LogP contribution is -2.32. The molecular formula is C12H18N4O3. The van der Waals surface area contributed by atoms with E-state index in [1.165, 1.54) is 18.2 Å². The smallest absolute Gasteiger partial charge is 0.294 e. The lowest BCUT2D eigenvalue weighted by Gasteiger charge is -2.13. The van der Waals surface area contributed by atoms with Gasteiger partial charge < -0.3 is 10.7 Å². The van der Waals surface area contributed by atoms with Crippen LogP contribution < -0.4 is 16.6 Å². The van der Waals surface area contributed by atoms with Gasteiger partial charge in [0.25, 0.3) is 11.6 Å². The highest BCUT2D eigenvalue weighted by atomic mass is 16.6. The number of anilines is 1. The molecule has 19 heavy (non-hydrogen) atoms. The number of nitro benzene ring substituents is 1. The number of hydrogen-bond donors (Lipinski definition) is 3. The van der Waals surface area contributed by atoms with Crippen LogP contribution in [0.4, 0.5) is 11.4 Å². The summed E-state index contributed by atoms with van der Waals surface area (Å²) < 4.78 is 0. The molecule has 0 spiro atoms. The number of hydrazine groups is 1. The van der Waals surface area contributed by atoms with E-state index in [0.717, 1.165) is 12.8 Å². The summed E-state index contributed by atoms with van der Waals surface area (Å²) >= 11 is 0. The third-order valence-corrected chi connectivity index (χ3v) is 2.71. The molecule has 0 fully saturated rings. The molecule has 1 amide bonds. The van der Waals surface area contributed by atoms with Gasteiger partial charge in [0.1, 0.15) is 5.69 Å². The molecule has 0 radical (unpaired) electrons. The van der Waals surface area contributed by atoms with Gasteiger partial charge in [0.05, 0.1) is 4.92 Å². The SMILES string of the molecule is CCCC(C)NC(=O)c1ccc(NN)c([N+](=O)[O-])c1. The molecule has 1 rings (SSSR count). The van der Waals surface area contributed by atoms with Gasteiger partial charge >= 0.3 is 0 Å². The minimum absolute atomic E-state index is 0.0314. The highest BCUT2D eigenvalue weighted by Gasteiger charge is 2.17. The van der Waals surface area contributed by atoms with Gasteiger partial charge in [0.15, 0.2) is 0 Å². The number of nitrogens with one attached hydrogen (secondary N) is 2. The number of nitrogens with two attached hydrogens (primary N) is 1. The summed E-state index contributed by atoms with van der Waals surface area (Å²) in [5.74, 6) is 4.85. The Bertz CT molecular complexity index is 476. The number of nitrogens with zero attached hydrogens (tertiary/aromatic N) is 1. The van der Waals surface area contributed by atoms with Crippen molar-refractivity contribution in [1.82, 2.24) is 5.32 Å². The van der Waals surface area contributed by atoms with Crippen molar-refractivity contribution < 1.29 is 9.72 Å². The van der Waals surface area contributed by atoms with Crippen LogP contribution in [0.5, 0.6) is 0 Å². The van der Waals surface area contributed by atoms with Crippen molar-refractivity contribution in [3.8, 4) is 0 Å². The second-order valence-corrected chi connectivity index (χ2v) is 4.30. The Balaban J connectivity index is 2.92. The van der Waals surface area contributed by atoms with Gasteiger partial charge in [-0.1, -0.05) is 13.3 Å². The number of benzene rings is 1. The quantitative estimate of drug-likeness (QED) is 0.413. The zero-order valence-electron chi connectivity index (χ0n) is 11.0. The number of nitrogen functional groups attached to an aromatic ring is 1. The van der Waals surface area contributed by atoms with E-state index >= 15 is 0 Å². The van der Waals surface area contributed by atoms with Crippen LogP contribution in [0.3, 0.4) is 0 Å². The zero-order chi connectivity index (χ0) is 14.4. The Kier molecular flexibility index (Phi) is 5.25. The van der Waals surface area contributed by atoms with E-state index in [9.17, 15) is 14.9 Å². The van der Waals surface area contributed by atoms with Crippen molar-refractivity contribution >= 4 is 17.3 Å². The van der Waals surface area contributed by atoms with E-state index in [0.29, 0.717) is 0 Å². The fraction of sp³-hybridized carbons (Fsp3) is 0.417. The van der Waals surface area contributed by atoms with Crippen molar-refractivity contribution in [2.24, 2.45) is 5.84 Å². The van der Waals surface area contributed by atoms with Crippen molar-refractivity contribution in [3.05, 3.63) is 33.9 Å². The average molecular weight is 266 g/mol. The van der Waals surface area contributed by atoms with Gasteiger partial charge in [-0.15, -0.1) is 0 Å². The Morgan fingerprint density at radius 1 is 1.53 bits per heavy atom. The molecule has 4 N–H and O–H groups in total. The highest BCUT2D eigenvalue weighted by Crippen LogP contribution is 2.24. The molecule has 1 atom stereocenters. The third kappa shape index (κ3) is 3.92. The zero-order valence-corrected chi connectivity index (χ0v) is 11.0. The van der Waals surface area contributed by atoms with Crippen molar-refractivity contribution in [2.45, 2.75) is 32.7 Å². The first kappa shape index (κ1) is 14.9. The fourth-order valence-electron chi connectivity index (χ4n) is 1.76. The third-order valence-electron chi connectivity index (χ3n) is 2.71. The Morgan fingerprint density at radius 3 is 2.74 bits per heavy atom. The van der Waals surface area contributed by atoms with Gasteiger partial charge in [0, 0.05) is 17.7 Å². The number of rotatable bonds is 6. The molecule has 1 aromatic rings. The highest BCUT2D eigenvalue weighted by molar-refractivity contribution is 5.95. The maximum atomic E-state index is 11.9. The number of carbonyl (C=O) groups excluding carboxylic acids is 1. The normalized spacial score (nSPS) is 11.7. The van der Waals surface area contributed by atoms with Crippen LogP contribution in [0, 0.1) is 10.1 Å². The first-order valence-corrected chi connectivity index (χ1v) is 6.05. The molecule has 0 aromatic heterocycles. The minimum atomic E-state index is -0.582. The molecule has 7 heteroatoms. The summed E-state index contributed by atoms with van der Waals surface area (Å²) in [6.45, 7) is 3.92. The Hall–Kier alpha value is -2.15. The monoisotopic (exact) mass is 266 g/mol. The molecule has 104 valence electrons. The lowest BCUT2D eigenvalue weighted by molar-refractivity contribution is -0.384. The van der Waals surface area contributed by atoms with E-state index in [2.05, 4.69) is 10.7 Å². The van der Waals surface area contributed by atoms with Crippen LogP contribution in [0.25, 0.3) is 0 Å². The largest absolute Gasteiger partial charge is 0.350 e. The maximum Gasteiger partial charge on any atom is 0.294 e. The summed E-state index contributed by atoms with van der Waals surface area (Å²) in [6, 6.07) is 4.15. The molecule has 0 aliphatic rings. The number of hydrogen-bond acceptors (Lipinski definition) is 5.